The first kappa shape index (κ1) is 25.9. The van der Waals surface area contributed by atoms with Crippen molar-refractivity contribution in [1.29, 1.82) is 0 Å². The minimum absolute atomic E-state index is 0.260. The molecule has 1 heterocycles. The minimum atomic E-state index is -0.794. The molecule has 0 saturated carbocycles. The molecule has 7 heteroatoms. The molecule has 0 saturated heterocycles. The minimum Gasteiger partial charge on any atom is -0.489 e. The molecule has 0 fully saturated rings. The van der Waals surface area contributed by atoms with Crippen molar-refractivity contribution >= 4 is 11.8 Å². The molecule has 3 aromatic rings. The van der Waals surface area contributed by atoms with E-state index in [4.69, 9.17) is 10.5 Å². The average molecular weight is 475 g/mol. The molecule has 2 aromatic carbocycles. The Bertz CT molecular complexity index is 1080. The summed E-state index contributed by atoms with van der Waals surface area (Å²) in [5.74, 6) is 0.0883. The van der Waals surface area contributed by atoms with Crippen molar-refractivity contribution in [3.8, 4) is 5.75 Å². The van der Waals surface area contributed by atoms with E-state index in [0.717, 1.165) is 22.4 Å². The highest BCUT2D eigenvalue weighted by molar-refractivity contribution is 5.90. The number of nitrogens with zero attached hydrogens (tertiary/aromatic N) is 1. The van der Waals surface area contributed by atoms with Gasteiger partial charge in [0.15, 0.2) is 0 Å². The van der Waals surface area contributed by atoms with Crippen LogP contribution < -0.4 is 21.1 Å². The molecule has 184 valence electrons. The standard InChI is InChI=1S/C28H34N4O3/c1-28(2,3)32-27(34)25(31-26(33)24(29)16-22-10-7-15-30-18-22)17-20-11-13-23(14-12-20)35-19-21-8-5-4-6-9-21/h4-15,18,24-25H,16-17,19,29H2,1-3H3,(H,31,33)(H,32,34)/t24-,25+/m0/s1. The first-order valence-electron chi connectivity index (χ1n) is 11.7. The van der Waals surface area contributed by atoms with Gasteiger partial charge in [0.1, 0.15) is 18.4 Å². The Kier molecular flexibility index (Phi) is 8.98. The SMILES string of the molecule is CC(C)(C)NC(=O)[C@@H](Cc1ccc(OCc2ccccc2)cc1)NC(=O)[C@@H](N)Cc1cccnc1. The fraction of sp³-hybridized carbons (Fsp3) is 0.321. The molecular weight excluding hydrogens is 440 g/mol. The Morgan fingerprint density at radius 1 is 0.886 bits per heavy atom. The Hall–Kier alpha value is -3.71. The summed E-state index contributed by atoms with van der Waals surface area (Å²) in [6.07, 6.45) is 4.01. The van der Waals surface area contributed by atoms with Crippen LogP contribution in [0, 0.1) is 0 Å². The van der Waals surface area contributed by atoms with E-state index >= 15 is 0 Å². The molecule has 7 nitrogen and oxygen atoms in total. The highest BCUT2D eigenvalue weighted by Crippen LogP contribution is 2.16. The number of amides is 2. The lowest BCUT2D eigenvalue weighted by Crippen LogP contribution is -2.56. The van der Waals surface area contributed by atoms with E-state index in [1.807, 2.05) is 81.4 Å². The topological polar surface area (TPSA) is 106 Å². The van der Waals surface area contributed by atoms with Gasteiger partial charge in [-0.1, -0.05) is 48.5 Å². The lowest BCUT2D eigenvalue weighted by atomic mass is 10.0. The molecule has 2 amide bonds. The van der Waals surface area contributed by atoms with Crippen molar-refractivity contribution in [1.82, 2.24) is 15.6 Å². The molecule has 1 aromatic heterocycles. The van der Waals surface area contributed by atoms with E-state index in [9.17, 15) is 9.59 Å². The number of benzene rings is 2. The van der Waals surface area contributed by atoms with Gasteiger partial charge in [-0.25, -0.2) is 0 Å². The third kappa shape index (κ3) is 8.87. The largest absolute Gasteiger partial charge is 0.489 e. The molecule has 0 unspecified atom stereocenters. The molecule has 0 spiro atoms. The zero-order valence-electron chi connectivity index (χ0n) is 20.5. The van der Waals surface area contributed by atoms with E-state index in [1.54, 1.807) is 18.5 Å². The van der Waals surface area contributed by atoms with Gasteiger partial charge in [0, 0.05) is 24.4 Å². The highest BCUT2D eigenvalue weighted by Gasteiger charge is 2.27. The summed E-state index contributed by atoms with van der Waals surface area (Å²) < 4.78 is 5.85. The number of rotatable bonds is 10. The number of hydrogen-bond acceptors (Lipinski definition) is 5. The number of nitrogens with one attached hydrogen (secondary N) is 2. The maximum absolute atomic E-state index is 13.0. The third-order valence-corrected chi connectivity index (χ3v) is 5.26. The van der Waals surface area contributed by atoms with Gasteiger partial charge in [-0.3, -0.25) is 14.6 Å². The molecule has 0 radical (unpaired) electrons. The van der Waals surface area contributed by atoms with Crippen LogP contribution in [0.2, 0.25) is 0 Å². The van der Waals surface area contributed by atoms with Crippen LogP contribution in [0.5, 0.6) is 5.75 Å². The first-order valence-corrected chi connectivity index (χ1v) is 11.7. The van der Waals surface area contributed by atoms with Crippen molar-refractivity contribution in [2.75, 3.05) is 0 Å². The molecule has 0 aliphatic heterocycles. The molecule has 35 heavy (non-hydrogen) atoms. The van der Waals surface area contributed by atoms with Crippen molar-refractivity contribution < 1.29 is 14.3 Å². The molecule has 0 bridgehead atoms. The van der Waals surface area contributed by atoms with Gasteiger partial charge in [0.25, 0.3) is 0 Å². The normalized spacial score (nSPS) is 12.9. The van der Waals surface area contributed by atoms with Gasteiger partial charge in [-0.05, 0) is 62.1 Å². The van der Waals surface area contributed by atoms with E-state index < -0.39 is 17.6 Å². The fourth-order valence-electron chi connectivity index (χ4n) is 3.51. The summed E-state index contributed by atoms with van der Waals surface area (Å²) in [7, 11) is 0. The van der Waals surface area contributed by atoms with Crippen LogP contribution in [0.3, 0.4) is 0 Å². The van der Waals surface area contributed by atoms with Crippen LogP contribution in [0.25, 0.3) is 0 Å². The van der Waals surface area contributed by atoms with Crippen LogP contribution in [-0.4, -0.2) is 34.4 Å². The number of carbonyl (C=O) groups excluding carboxylic acids is 2. The second-order valence-corrected chi connectivity index (χ2v) is 9.59. The van der Waals surface area contributed by atoms with Crippen LogP contribution in [0.4, 0.5) is 0 Å². The van der Waals surface area contributed by atoms with Gasteiger partial charge >= 0.3 is 0 Å². The molecular formula is C28H34N4O3. The van der Waals surface area contributed by atoms with Gasteiger partial charge in [0.2, 0.25) is 11.8 Å². The van der Waals surface area contributed by atoms with Gasteiger partial charge in [0.05, 0.1) is 6.04 Å². The summed E-state index contributed by atoms with van der Waals surface area (Å²) in [6.45, 7) is 6.17. The summed E-state index contributed by atoms with van der Waals surface area (Å²) in [6, 6.07) is 19.6. The summed E-state index contributed by atoms with van der Waals surface area (Å²) in [4.78, 5) is 29.9. The van der Waals surface area contributed by atoms with Crippen molar-refractivity contribution in [2.45, 2.75) is 57.8 Å². The second-order valence-electron chi connectivity index (χ2n) is 9.59. The van der Waals surface area contributed by atoms with Crippen molar-refractivity contribution in [3.05, 3.63) is 95.8 Å². The number of aromatic nitrogens is 1. The van der Waals surface area contributed by atoms with E-state index in [1.165, 1.54) is 0 Å². The van der Waals surface area contributed by atoms with Crippen molar-refractivity contribution in [3.63, 3.8) is 0 Å². The predicted molar refractivity (Wildman–Crippen MR) is 137 cm³/mol. The summed E-state index contributed by atoms with van der Waals surface area (Å²) in [5.41, 5.74) is 8.53. The van der Waals surface area contributed by atoms with Crippen LogP contribution in [-0.2, 0) is 29.0 Å². The maximum Gasteiger partial charge on any atom is 0.243 e. The fourth-order valence-corrected chi connectivity index (χ4v) is 3.51. The second kappa shape index (κ2) is 12.1. The Balaban J connectivity index is 1.64. The number of carbonyl (C=O) groups is 2. The van der Waals surface area contributed by atoms with Gasteiger partial charge < -0.3 is 21.1 Å². The van der Waals surface area contributed by atoms with Crippen LogP contribution in [0.15, 0.2) is 79.1 Å². The highest BCUT2D eigenvalue weighted by atomic mass is 16.5. The van der Waals surface area contributed by atoms with Crippen LogP contribution in [0.1, 0.15) is 37.5 Å². The molecule has 2 atom stereocenters. The van der Waals surface area contributed by atoms with Gasteiger partial charge in [-0.15, -0.1) is 0 Å². The lowest BCUT2D eigenvalue weighted by molar-refractivity contribution is -0.130. The quantitative estimate of drug-likeness (QED) is 0.419. The Labute approximate surface area is 207 Å². The first-order chi connectivity index (χ1) is 16.7. The molecule has 0 aliphatic rings. The number of hydrogen-bond donors (Lipinski definition) is 3. The number of ether oxygens (including phenoxy) is 1. The third-order valence-electron chi connectivity index (χ3n) is 5.26. The van der Waals surface area contributed by atoms with Gasteiger partial charge in [-0.2, -0.15) is 0 Å². The number of nitrogens with two attached hydrogens (primary N) is 1. The van der Waals surface area contributed by atoms with E-state index in [0.29, 0.717) is 19.4 Å². The maximum atomic E-state index is 13.0. The molecule has 4 N–H and O–H groups in total. The monoisotopic (exact) mass is 474 g/mol. The van der Waals surface area contributed by atoms with Crippen LogP contribution >= 0.6 is 0 Å². The average Bonchev–Trinajstić information content (AvgIpc) is 2.83. The van der Waals surface area contributed by atoms with E-state index in [-0.39, 0.29) is 11.8 Å². The lowest BCUT2D eigenvalue weighted by Gasteiger charge is -2.26. The smallest absolute Gasteiger partial charge is 0.243 e. The van der Waals surface area contributed by atoms with Crippen molar-refractivity contribution in [2.24, 2.45) is 5.73 Å². The predicted octanol–water partition coefficient (Wildman–Crippen LogP) is 3.17. The van der Waals surface area contributed by atoms with E-state index in [2.05, 4.69) is 15.6 Å². The summed E-state index contributed by atoms with van der Waals surface area (Å²) in [5, 5.41) is 5.80. The Morgan fingerprint density at radius 3 is 2.20 bits per heavy atom. The molecule has 3 rings (SSSR count). The zero-order valence-corrected chi connectivity index (χ0v) is 20.5. The Morgan fingerprint density at radius 2 is 1.57 bits per heavy atom. The summed E-state index contributed by atoms with van der Waals surface area (Å²) >= 11 is 0. The number of pyridine rings is 1. The molecule has 0 aliphatic carbocycles. The zero-order chi connectivity index (χ0) is 25.3.